The molecule has 1 aliphatic rings. The summed E-state index contributed by atoms with van der Waals surface area (Å²) in [5.74, 6) is -3.25. The van der Waals surface area contributed by atoms with Gasteiger partial charge in [-0.05, 0) is 36.8 Å². The summed E-state index contributed by atoms with van der Waals surface area (Å²) in [4.78, 5) is 49.8. The van der Waals surface area contributed by atoms with Crippen LogP contribution in [0.25, 0.3) is 0 Å². The number of aliphatic carboxylic acids is 1. The van der Waals surface area contributed by atoms with Crippen molar-refractivity contribution >= 4 is 23.7 Å². The number of nitrogens with one attached hydrogen (secondary N) is 1. The molecule has 2 unspecified atom stereocenters. The van der Waals surface area contributed by atoms with E-state index in [-0.39, 0.29) is 24.0 Å². The van der Waals surface area contributed by atoms with Crippen molar-refractivity contribution in [1.29, 1.82) is 0 Å². The molecule has 0 aliphatic carbocycles. The lowest BCUT2D eigenvalue weighted by Crippen LogP contribution is -2.46. The smallest absolute Gasteiger partial charge is 0.326 e. The van der Waals surface area contributed by atoms with Gasteiger partial charge in [0.1, 0.15) is 11.9 Å². The van der Waals surface area contributed by atoms with E-state index in [0.29, 0.717) is 5.56 Å². The molecule has 0 saturated heterocycles. The number of fused-ring (bicyclic) bond motifs is 1. The van der Waals surface area contributed by atoms with E-state index < -0.39 is 41.6 Å². The third-order valence-corrected chi connectivity index (χ3v) is 4.73. The summed E-state index contributed by atoms with van der Waals surface area (Å²) >= 11 is 0. The minimum Gasteiger partial charge on any atom is -0.480 e. The van der Waals surface area contributed by atoms with Crippen molar-refractivity contribution in [1.82, 2.24) is 10.2 Å². The van der Waals surface area contributed by atoms with Gasteiger partial charge in [-0.15, -0.1) is 0 Å². The van der Waals surface area contributed by atoms with E-state index in [1.54, 1.807) is 31.2 Å². The molecule has 3 amide bonds. The van der Waals surface area contributed by atoms with Crippen LogP contribution >= 0.6 is 0 Å². The van der Waals surface area contributed by atoms with Crippen LogP contribution in [0.1, 0.15) is 39.6 Å². The van der Waals surface area contributed by atoms with Gasteiger partial charge in [0.2, 0.25) is 5.91 Å². The van der Waals surface area contributed by atoms with Crippen molar-refractivity contribution in [3.05, 3.63) is 71.0 Å². The van der Waals surface area contributed by atoms with Gasteiger partial charge in [-0.25, -0.2) is 9.18 Å². The summed E-state index contributed by atoms with van der Waals surface area (Å²) in [5, 5.41) is 11.8. The number of carboxylic acids is 1. The maximum atomic E-state index is 13.0. The maximum Gasteiger partial charge on any atom is 0.326 e. The highest BCUT2D eigenvalue weighted by atomic mass is 19.1. The molecule has 0 fully saturated rings. The van der Waals surface area contributed by atoms with Crippen molar-refractivity contribution in [2.75, 3.05) is 0 Å². The SMILES string of the molecule is CC(CC(=O)NC(Cc1ccc(F)cc1)C(=O)O)N1C(=O)c2ccccc2C1=O. The average Bonchev–Trinajstić information content (AvgIpc) is 2.94. The van der Waals surface area contributed by atoms with E-state index in [4.69, 9.17) is 0 Å². The van der Waals surface area contributed by atoms with Crippen LogP contribution in [0.15, 0.2) is 48.5 Å². The molecule has 1 heterocycles. The van der Waals surface area contributed by atoms with Crippen molar-refractivity contribution in [3.63, 3.8) is 0 Å². The summed E-state index contributed by atoms with van der Waals surface area (Å²) in [5.41, 5.74) is 1.11. The maximum absolute atomic E-state index is 13.0. The predicted octanol–water partition coefficient (Wildman–Crippen LogP) is 2.01. The van der Waals surface area contributed by atoms with Crippen LogP contribution in [0.5, 0.6) is 0 Å². The molecule has 3 rings (SSSR count). The lowest BCUT2D eigenvalue weighted by atomic mass is 10.1. The van der Waals surface area contributed by atoms with E-state index in [1.807, 2.05) is 0 Å². The van der Waals surface area contributed by atoms with E-state index in [1.165, 1.54) is 24.3 Å². The first-order valence-corrected chi connectivity index (χ1v) is 9.01. The number of imide groups is 1. The lowest BCUT2D eigenvalue weighted by molar-refractivity contribution is -0.141. The molecule has 2 N–H and O–H groups in total. The van der Waals surface area contributed by atoms with Crippen LogP contribution in [-0.2, 0) is 16.0 Å². The van der Waals surface area contributed by atoms with Crippen molar-refractivity contribution in [2.45, 2.75) is 31.8 Å². The van der Waals surface area contributed by atoms with Gasteiger partial charge in [0.25, 0.3) is 11.8 Å². The number of nitrogens with zero attached hydrogens (tertiary/aromatic N) is 1. The third-order valence-electron chi connectivity index (χ3n) is 4.73. The zero-order valence-corrected chi connectivity index (χ0v) is 15.6. The molecule has 0 bridgehead atoms. The molecule has 2 aromatic rings. The zero-order valence-electron chi connectivity index (χ0n) is 15.6. The molecule has 2 atom stereocenters. The molecule has 1 aliphatic heterocycles. The monoisotopic (exact) mass is 398 g/mol. The molecular weight excluding hydrogens is 379 g/mol. The molecule has 0 radical (unpaired) electrons. The highest BCUT2D eigenvalue weighted by Crippen LogP contribution is 2.25. The Kier molecular flexibility index (Phi) is 5.72. The Balaban J connectivity index is 1.64. The fourth-order valence-corrected chi connectivity index (χ4v) is 3.28. The van der Waals surface area contributed by atoms with Gasteiger partial charge in [-0.2, -0.15) is 0 Å². The lowest BCUT2D eigenvalue weighted by Gasteiger charge is -2.23. The highest BCUT2D eigenvalue weighted by Gasteiger charge is 2.38. The van der Waals surface area contributed by atoms with Crippen LogP contribution in [0.2, 0.25) is 0 Å². The molecule has 8 heteroatoms. The summed E-state index contributed by atoms with van der Waals surface area (Å²) in [6, 6.07) is 9.73. The summed E-state index contributed by atoms with van der Waals surface area (Å²) in [7, 11) is 0. The van der Waals surface area contributed by atoms with Gasteiger partial charge in [-0.3, -0.25) is 19.3 Å². The van der Waals surface area contributed by atoms with Crippen molar-refractivity contribution in [2.24, 2.45) is 0 Å². The average molecular weight is 398 g/mol. The van der Waals surface area contributed by atoms with Gasteiger partial charge < -0.3 is 10.4 Å². The van der Waals surface area contributed by atoms with Gasteiger partial charge in [0.05, 0.1) is 11.1 Å². The Morgan fingerprint density at radius 1 is 1.03 bits per heavy atom. The first-order chi connectivity index (χ1) is 13.8. The van der Waals surface area contributed by atoms with Gasteiger partial charge in [0, 0.05) is 18.9 Å². The fraction of sp³-hybridized carbons (Fsp3) is 0.238. The van der Waals surface area contributed by atoms with Crippen molar-refractivity contribution < 1.29 is 28.7 Å². The summed E-state index contributed by atoms with van der Waals surface area (Å²) in [6.07, 6.45) is -0.262. The van der Waals surface area contributed by atoms with Crippen LogP contribution in [0, 0.1) is 5.82 Å². The van der Waals surface area contributed by atoms with Gasteiger partial charge >= 0.3 is 5.97 Å². The fourth-order valence-electron chi connectivity index (χ4n) is 3.28. The molecule has 0 aromatic heterocycles. The van der Waals surface area contributed by atoms with E-state index in [2.05, 4.69) is 5.32 Å². The third kappa shape index (κ3) is 4.31. The Morgan fingerprint density at radius 2 is 1.59 bits per heavy atom. The standard InChI is InChI=1S/C21H19FN2O5/c1-12(24-19(26)15-4-2-3-5-16(15)20(24)27)10-18(25)23-17(21(28)29)11-13-6-8-14(22)9-7-13/h2-9,12,17H,10-11H2,1H3,(H,23,25)(H,28,29). The zero-order chi connectivity index (χ0) is 21.1. The number of amides is 3. The van der Waals surface area contributed by atoms with Crippen LogP contribution in [0.3, 0.4) is 0 Å². The molecular formula is C21H19FN2O5. The van der Waals surface area contributed by atoms with E-state index >= 15 is 0 Å². The summed E-state index contributed by atoms with van der Waals surface area (Å²) in [6.45, 7) is 1.55. The van der Waals surface area contributed by atoms with Crippen LogP contribution in [0.4, 0.5) is 4.39 Å². The number of carbonyl (C=O) groups is 4. The van der Waals surface area contributed by atoms with Crippen LogP contribution < -0.4 is 5.32 Å². The molecule has 0 saturated carbocycles. The minimum atomic E-state index is -1.24. The molecule has 0 spiro atoms. The number of benzene rings is 2. The predicted molar refractivity (Wildman–Crippen MR) is 101 cm³/mol. The molecule has 7 nitrogen and oxygen atoms in total. The number of carbonyl (C=O) groups excluding carboxylic acids is 3. The minimum absolute atomic E-state index is 0.0250. The largest absolute Gasteiger partial charge is 0.480 e. The second-order valence-electron chi connectivity index (χ2n) is 6.87. The normalized spacial score (nSPS) is 15.0. The first-order valence-electron chi connectivity index (χ1n) is 9.01. The Morgan fingerprint density at radius 3 is 2.10 bits per heavy atom. The second kappa shape index (κ2) is 8.22. The molecule has 150 valence electrons. The second-order valence-corrected chi connectivity index (χ2v) is 6.87. The Bertz CT molecular complexity index is 938. The van der Waals surface area contributed by atoms with E-state index in [9.17, 15) is 28.7 Å². The Hall–Kier alpha value is -3.55. The topological polar surface area (TPSA) is 104 Å². The number of rotatable bonds is 7. The van der Waals surface area contributed by atoms with Gasteiger partial charge in [0.15, 0.2) is 0 Å². The number of hydrogen-bond acceptors (Lipinski definition) is 4. The number of carboxylic acid groups (broad SMARTS) is 1. The molecule has 2 aromatic carbocycles. The number of halogens is 1. The van der Waals surface area contributed by atoms with Crippen molar-refractivity contribution in [3.8, 4) is 0 Å². The summed E-state index contributed by atoms with van der Waals surface area (Å²) < 4.78 is 13.0. The Labute approximate surface area is 166 Å². The van der Waals surface area contributed by atoms with Gasteiger partial charge in [-0.1, -0.05) is 24.3 Å². The number of hydrogen-bond donors (Lipinski definition) is 2. The van der Waals surface area contributed by atoms with E-state index in [0.717, 1.165) is 4.90 Å². The first kappa shape index (κ1) is 20.2. The van der Waals surface area contributed by atoms with Crippen LogP contribution in [-0.4, -0.2) is 45.8 Å². The highest BCUT2D eigenvalue weighted by molar-refractivity contribution is 6.21. The quantitative estimate of drug-likeness (QED) is 0.695. The molecule has 29 heavy (non-hydrogen) atoms.